The van der Waals surface area contributed by atoms with Gasteiger partial charge in [0, 0.05) is 37.8 Å². The minimum Gasteiger partial charge on any atom is -0.435 e. The number of fused-ring (bicyclic) bond motifs is 9. The predicted molar refractivity (Wildman–Crippen MR) is 200 cm³/mol. The molecule has 0 saturated carbocycles. The van der Waals surface area contributed by atoms with Crippen LogP contribution in [0.25, 0.3) is 75.0 Å². The summed E-state index contributed by atoms with van der Waals surface area (Å²) in [4.78, 5) is 7.32. The van der Waals surface area contributed by atoms with E-state index in [1.807, 2.05) is 41.7 Å². The van der Waals surface area contributed by atoms with Crippen LogP contribution in [0.1, 0.15) is 0 Å². The molecule has 10 aromatic rings. The number of rotatable bonds is 4. The van der Waals surface area contributed by atoms with Crippen LogP contribution in [0.4, 0.5) is 17.1 Å². The molecule has 220 valence electrons. The third kappa shape index (κ3) is 4.16. The summed E-state index contributed by atoms with van der Waals surface area (Å²) in [6.45, 7) is 0. The molecule has 2 aromatic heterocycles. The zero-order chi connectivity index (χ0) is 30.9. The summed E-state index contributed by atoms with van der Waals surface area (Å²) < 4.78 is 9.12. The van der Waals surface area contributed by atoms with Gasteiger partial charge in [0.05, 0.1) is 10.4 Å². The van der Waals surface area contributed by atoms with Crippen LogP contribution >= 0.6 is 11.3 Å². The van der Waals surface area contributed by atoms with Gasteiger partial charge in [-0.05, 0) is 81.5 Å². The molecule has 2 heterocycles. The maximum atomic E-state index is 6.56. The highest BCUT2D eigenvalue weighted by molar-refractivity contribution is 7.26. The smallest absolute Gasteiger partial charge is 0.227 e. The Morgan fingerprint density at radius 1 is 0.511 bits per heavy atom. The van der Waals surface area contributed by atoms with Crippen LogP contribution in [-0.2, 0) is 0 Å². The van der Waals surface area contributed by atoms with E-state index in [0.717, 1.165) is 55.3 Å². The van der Waals surface area contributed by atoms with Crippen molar-refractivity contribution in [3.8, 4) is 11.5 Å². The number of hydrogen-bond acceptors (Lipinski definition) is 4. The van der Waals surface area contributed by atoms with Crippen molar-refractivity contribution in [1.29, 1.82) is 0 Å². The Morgan fingerprint density at radius 2 is 1.21 bits per heavy atom. The topological polar surface area (TPSA) is 29.3 Å². The minimum atomic E-state index is 0.635. The molecule has 0 atom stereocenters. The predicted octanol–water partition coefficient (Wildman–Crippen LogP) is 12.8. The molecule has 8 aromatic carbocycles. The third-order valence-corrected chi connectivity index (χ3v) is 10.4. The Bertz CT molecular complexity index is 2810. The number of aromatic nitrogens is 1. The molecule has 0 spiro atoms. The van der Waals surface area contributed by atoms with Crippen molar-refractivity contribution in [2.24, 2.45) is 0 Å². The SMILES string of the molecule is c1ccc(-c2nc3ccc4ccc5ccc(N(c6ccc7ccccc7c6)c6cccc7c6sc6ccccc67)cc5c4c3o2)cc1. The summed E-state index contributed by atoms with van der Waals surface area (Å²) in [5.41, 5.74) is 6.00. The molecular formula is C43H26N2OS. The average molecular weight is 619 g/mol. The van der Waals surface area contributed by atoms with E-state index in [4.69, 9.17) is 9.40 Å². The van der Waals surface area contributed by atoms with Gasteiger partial charge in [-0.15, -0.1) is 11.3 Å². The van der Waals surface area contributed by atoms with E-state index in [1.54, 1.807) is 0 Å². The fraction of sp³-hybridized carbons (Fsp3) is 0. The Morgan fingerprint density at radius 3 is 2.13 bits per heavy atom. The number of benzene rings is 8. The highest BCUT2D eigenvalue weighted by atomic mass is 32.1. The summed E-state index contributed by atoms with van der Waals surface area (Å²) in [6, 6.07) is 56.2. The van der Waals surface area contributed by atoms with E-state index in [-0.39, 0.29) is 0 Å². The van der Waals surface area contributed by atoms with Gasteiger partial charge in [0.2, 0.25) is 5.89 Å². The average Bonchev–Trinajstić information content (AvgIpc) is 3.75. The molecule has 0 amide bonds. The van der Waals surface area contributed by atoms with Crippen molar-refractivity contribution in [2.45, 2.75) is 0 Å². The Kier molecular flexibility index (Phi) is 5.74. The fourth-order valence-electron chi connectivity index (χ4n) is 7.00. The third-order valence-electron chi connectivity index (χ3n) is 9.23. The lowest BCUT2D eigenvalue weighted by Crippen LogP contribution is -2.10. The molecule has 0 aliphatic rings. The first-order chi connectivity index (χ1) is 23.3. The van der Waals surface area contributed by atoms with Gasteiger partial charge in [0.15, 0.2) is 5.58 Å². The Labute approximate surface area is 274 Å². The zero-order valence-electron chi connectivity index (χ0n) is 25.2. The lowest BCUT2D eigenvalue weighted by molar-refractivity contribution is 0.623. The highest BCUT2D eigenvalue weighted by Crippen LogP contribution is 2.46. The van der Waals surface area contributed by atoms with Gasteiger partial charge in [-0.1, -0.05) is 103 Å². The fourth-order valence-corrected chi connectivity index (χ4v) is 8.21. The molecule has 3 nitrogen and oxygen atoms in total. The van der Waals surface area contributed by atoms with Gasteiger partial charge in [-0.2, -0.15) is 0 Å². The van der Waals surface area contributed by atoms with Crippen LogP contribution in [0.5, 0.6) is 0 Å². The second kappa shape index (κ2) is 10.3. The second-order valence-electron chi connectivity index (χ2n) is 12.0. The highest BCUT2D eigenvalue weighted by Gasteiger charge is 2.20. The van der Waals surface area contributed by atoms with E-state index >= 15 is 0 Å². The van der Waals surface area contributed by atoms with Crippen molar-refractivity contribution in [2.75, 3.05) is 4.90 Å². The molecule has 0 aliphatic heterocycles. The molecule has 4 heteroatoms. The van der Waals surface area contributed by atoms with Crippen LogP contribution < -0.4 is 4.90 Å². The molecule has 0 unspecified atom stereocenters. The Hall–Kier alpha value is -5.97. The van der Waals surface area contributed by atoms with E-state index in [9.17, 15) is 0 Å². The Balaban J connectivity index is 1.26. The molecule has 0 radical (unpaired) electrons. The van der Waals surface area contributed by atoms with Gasteiger partial charge >= 0.3 is 0 Å². The monoisotopic (exact) mass is 618 g/mol. The first-order valence-electron chi connectivity index (χ1n) is 15.8. The molecule has 10 rings (SSSR count). The molecule has 0 bridgehead atoms. The summed E-state index contributed by atoms with van der Waals surface area (Å²) in [5, 5.41) is 9.50. The summed E-state index contributed by atoms with van der Waals surface area (Å²) in [5.74, 6) is 0.635. The van der Waals surface area contributed by atoms with E-state index in [0.29, 0.717) is 5.89 Å². The summed E-state index contributed by atoms with van der Waals surface area (Å²) in [7, 11) is 0. The molecule has 0 N–H and O–H groups in total. The maximum Gasteiger partial charge on any atom is 0.227 e. The first kappa shape index (κ1) is 26.3. The number of thiophene rings is 1. The van der Waals surface area contributed by atoms with E-state index in [2.05, 4.69) is 132 Å². The zero-order valence-corrected chi connectivity index (χ0v) is 26.0. The summed E-state index contributed by atoms with van der Waals surface area (Å²) in [6.07, 6.45) is 0. The van der Waals surface area contributed by atoms with Crippen LogP contribution in [0, 0.1) is 0 Å². The van der Waals surface area contributed by atoms with Crippen molar-refractivity contribution >= 4 is 92.0 Å². The van der Waals surface area contributed by atoms with Gasteiger partial charge in [0.1, 0.15) is 5.52 Å². The normalized spacial score (nSPS) is 11.8. The molecule has 47 heavy (non-hydrogen) atoms. The number of hydrogen-bond donors (Lipinski definition) is 0. The van der Waals surface area contributed by atoms with Gasteiger partial charge in [-0.3, -0.25) is 0 Å². The largest absolute Gasteiger partial charge is 0.435 e. The molecule has 0 aliphatic carbocycles. The number of nitrogens with zero attached hydrogens (tertiary/aromatic N) is 2. The standard InChI is InChI=1S/C43H26N2OS/c1-2-10-30(11-3-1)43-44-37-24-21-29-18-17-28-20-23-33(26-36(28)40(29)41(37)46-43)45(32-22-19-27-9-4-5-12-31(27)25-32)38-15-8-14-35-34-13-6-7-16-39(34)47-42(35)38/h1-26H. The molecule has 0 fully saturated rings. The van der Waals surface area contributed by atoms with Crippen molar-refractivity contribution < 1.29 is 4.42 Å². The number of anilines is 3. The summed E-state index contributed by atoms with van der Waals surface area (Å²) >= 11 is 1.85. The van der Waals surface area contributed by atoms with Gasteiger partial charge in [0.25, 0.3) is 0 Å². The van der Waals surface area contributed by atoms with Crippen LogP contribution in [0.3, 0.4) is 0 Å². The van der Waals surface area contributed by atoms with Crippen molar-refractivity contribution in [3.05, 3.63) is 158 Å². The van der Waals surface area contributed by atoms with Crippen LogP contribution in [0.15, 0.2) is 162 Å². The maximum absolute atomic E-state index is 6.56. The van der Waals surface area contributed by atoms with Crippen molar-refractivity contribution in [3.63, 3.8) is 0 Å². The van der Waals surface area contributed by atoms with E-state index in [1.165, 1.54) is 30.9 Å². The molecule has 0 saturated heterocycles. The van der Waals surface area contributed by atoms with Gasteiger partial charge in [-0.25, -0.2) is 4.98 Å². The van der Waals surface area contributed by atoms with Gasteiger partial charge < -0.3 is 9.32 Å². The second-order valence-corrected chi connectivity index (χ2v) is 13.0. The van der Waals surface area contributed by atoms with Crippen LogP contribution in [0.2, 0.25) is 0 Å². The minimum absolute atomic E-state index is 0.635. The molecular weight excluding hydrogens is 593 g/mol. The first-order valence-corrected chi connectivity index (χ1v) is 16.6. The van der Waals surface area contributed by atoms with E-state index < -0.39 is 0 Å². The number of oxazole rings is 1. The van der Waals surface area contributed by atoms with Crippen molar-refractivity contribution in [1.82, 2.24) is 4.98 Å². The lowest BCUT2D eigenvalue weighted by Gasteiger charge is -2.27. The van der Waals surface area contributed by atoms with Crippen LogP contribution in [-0.4, -0.2) is 4.98 Å². The quantitative estimate of drug-likeness (QED) is 0.184. The lowest BCUT2D eigenvalue weighted by atomic mass is 10.00.